The Hall–Kier alpha value is -3.28. The van der Waals surface area contributed by atoms with Crippen LogP contribution < -0.4 is 10.2 Å². The zero-order valence-corrected chi connectivity index (χ0v) is 16.4. The van der Waals surface area contributed by atoms with Crippen molar-refractivity contribution >= 4 is 11.7 Å². The Kier molecular flexibility index (Phi) is 6.10. The third-order valence-electron chi connectivity index (χ3n) is 5.21. The van der Waals surface area contributed by atoms with Gasteiger partial charge in [-0.1, -0.05) is 12.1 Å². The van der Waals surface area contributed by atoms with E-state index in [-0.39, 0.29) is 11.9 Å². The quantitative estimate of drug-likeness (QED) is 0.628. The number of pyridine rings is 3. The van der Waals surface area contributed by atoms with Gasteiger partial charge in [0.15, 0.2) is 0 Å². The van der Waals surface area contributed by atoms with Crippen molar-refractivity contribution in [2.45, 2.75) is 31.7 Å². The molecule has 1 fully saturated rings. The van der Waals surface area contributed by atoms with Gasteiger partial charge in [-0.25, -0.2) is 4.98 Å². The third-order valence-corrected chi connectivity index (χ3v) is 5.21. The minimum Gasteiger partial charge on any atom is -0.352 e. The van der Waals surface area contributed by atoms with E-state index in [0.29, 0.717) is 12.1 Å². The van der Waals surface area contributed by atoms with Crippen molar-refractivity contribution in [1.82, 2.24) is 20.3 Å². The molecule has 0 radical (unpaired) electrons. The minimum absolute atomic E-state index is 0.0900. The Morgan fingerprint density at radius 3 is 2.62 bits per heavy atom. The van der Waals surface area contributed by atoms with Gasteiger partial charge in [0.2, 0.25) is 0 Å². The zero-order chi connectivity index (χ0) is 19.9. The number of nitrogens with zero attached hydrogens (tertiary/aromatic N) is 4. The Balaban J connectivity index is 1.32. The first kappa shape index (κ1) is 19.1. The minimum atomic E-state index is -0.0900. The lowest BCUT2D eigenvalue weighted by atomic mass is 10.1. The maximum absolute atomic E-state index is 12.4. The summed E-state index contributed by atoms with van der Waals surface area (Å²) in [4.78, 5) is 28.0. The average Bonchev–Trinajstić information content (AvgIpc) is 3.28. The maximum atomic E-state index is 12.4. The predicted molar refractivity (Wildman–Crippen MR) is 113 cm³/mol. The zero-order valence-electron chi connectivity index (χ0n) is 16.4. The van der Waals surface area contributed by atoms with Gasteiger partial charge in [-0.2, -0.15) is 0 Å². The van der Waals surface area contributed by atoms with Gasteiger partial charge in [0.05, 0.1) is 17.3 Å². The third kappa shape index (κ3) is 4.77. The summed E-state index contributed by atoms with van der Waals surface area (Å²) in [7, 11) is 0. The molecule has 4 rings (SSSR count). The average molecular weight is 387 g/mol. The van der Waals surface area contributed by atoms with Crippen LogP contribution in [-0.4, -0.2) is 33.9 Å². The second-order valence-corrected chi connectivity index (χ2v) is 7.19. The van der Waals surface area contributed by atoms with E-state index < -0.39 is 0 Å². The van der Waals surface area contributed by atoms with Gasteiger partial charge in [0.25, 0.3) is 5.91 Å². The van der Waals surface area contributed by atoms with Crippen LogP contribution in [0.25, 0.3) is 0 Å². The van der Waals surface area contributed by atoms with E-state index >= 15 is 0 Å². The number of hydrogen-bond acceptors (Lipinski definition) is 5. The normalized spacial score (nSPS) is 16.0. The lowest BCUT2D eigenvalue weighted by molar-refractivity contribution is 0.0953. The number of rotatable bonds is 7. The van der Waals surface area contributed by atoms with Crippen molar-refractivity contribution in [2.75, 3.05) is 18.0 Å². The molecule has 3 aromatic rings. The van der Waals surface area contributed by atoms with Gasteiger partial charge < -0.3 is 10.2 Å². The molecule has 0 bridgehead atoms. The Labute approximate surface area is 171 Å². The van der Waals surface area contributed by atoms with Crippen LogP contribution in [0.2, 0.25) is 0 Å². The molecule has 148 valence electrons. The van der Waals surface area contributed by atoms with Crippen LogP contribution in [0.15, 0.2) is 67.1 Å². The first-order valence-corrected chi connectivity index (χ1v) is 10.1. The highest BCUT2D eigenvalue weighted by Gasteiger charge is 2.28. The molecular weight excluding hydrogens is 362 g/mol. The molecule has 0 saturated carbocycles. The highest BCUT2D eigenvalue weighted by Crippen LogP contribution is 2.34. The number of aromatic nitrogens is 3. The van der Waals surface area contributed by atoms with Crippen LogP contribution in [-0.2, 0) is 6.42 Å². The molecule has 0 spiro atoms. The molecule has 6 heteroatoms. The van der Waals surface area contributed by atoms with E-state index in [1.54, 1.807) is 12.4 Å². The molecule has 1 N–H and O–H groups in total. The number of carbonyl (C=O) groups is 1. The fraction of sp³-hybridized carbons (Fsp3) is 0.304. The number of carbonyl (C=O) groups excluding carboxylic acids is 1. The highest BCUT2D eigenvalue weighted by atomic mass is 16.1. The first-order valence-electron chi connectivity index (χ1n) is 10.1. The molecule has 1 saturated heterocycles. The van der Waals surface area contributed by atoms with Crippen LogP contribution in [0.4, 0.5) is 5.82 Å². The van der Waals surface area contributed by atoms with Crippen molar-refractivity contribution in [3.8, 4) is 0 Å². The van der Waals surface area contributed by atoms with Gasteiger partial charge in [-0.15, -0.1) is 0 Å². The van der Waals surface area contributed by atoms with Gasteiger partial charge >= 0.3 is 0 Å². The second-order valence-electron chi connectivity index (χ2n) is 7.19. The molecule has 6 nitrogen and oxygen atoms in total. The lowest BCUT2D eigenvalue weighted by Gasteiger charge is -2.25. The maximum Gasteiger partial charge on any atom is 0.252 e. The largest absolute Gasteiger partial charge is 0.352 e. The van der Waals surface area contributed by atoms with E-state index in [0.717, 1.165) is 49.4 Å². The van der Waals surface area contributed by atoms with E-state index in [1.807, 2.05) is 48.7 Å². The number of aryl methyl sites for hydroxylation is 1. The SMILES string of the molecule is O=C(NCCCc1ccccn1)c1ccc(N2CCC[C@H]2c2ccccn2)nc1. The van der Waals surface area contributed by atoms with Crippen LogP contribution in [0, 0.1) is 0 Å². The predicted octanol–water partition coefficient (Wildman–Crippen LogP) is 3.58. The summed E-state index contributed by atoms with van der Waals surface area (Å²) in [5.74, 6) is 0.803. The summed E-state index contributed by atoms with van der Waals surface area (Å²) in [6, 6.07) is 15.9. The van der Waals surface area contributed by atoms with E-state index in [2.05, 4.69) is 31.2 Å². The van der Waals surface area contributed by atoms with Crippen LogP contribution in [0.5, 0.6) is 0 Å². The van der Waals surface area contributed by atoms with Crippen LogP contribution >= 0.6 is 0 Å². The first-order chi connectivity index (χ1) is 14.3. The van der Waals surface area contributed by atoms with Gasteiger partial charge in [-0.05, 0) is 62.1 Å². The number of anilines is 1. The topological polar surface area (TPSA) is 71.0 Å². The van der Waals surface area contributed by atoms with Crippen LogP contribution in [0.3, 0.4) is 0 Å². The van der Waals surface area contributed by atoms with Gasteiger partial charge in [0.1, 0.15) is 5.82 Å². The van der Waals surface area contributed by atoms with Crippen molar-refractivity contribution in [3.05, 3.63) is 84.1 Å². The standard InChI is InChI=1S/C23H25N5O/c29-23(26-15-5-8-19-7-1-3-13-24-19)18-11-12-22(27-17-18)28-16-6-10-21(28)20-9-2-4-14-25-20/h1-4,7,9,11-14,17,21H,5-6,8,10,15-16H2,(H,26,29)/t21-/m0/s1. The fourth-order valence-electron chi connectivity index (χ4n) is 3.73. The molecule has 1 aliphatic heterocycles. The highest BCUT2D eigenvalue weighted by molar-refractivity contribution is 5.94. The lowest BCUT2D eigenvalue weighted by Crippen LogP contribution is -2.26. The van der Waals surface area contributed by atoms with Crippen molar-refractivity contribution in [2.24, 2.45) is 0 Å². The number of nitrogens with one attached hydrogen (secondary N) is 1. The van der Waals surface area contributed by atoms with E-state index in [4.69, 9.17) is 0 Å². The van der Waals surface area contributed by atoms with E-state index in [1.165, 1.54) is 0 Å². The Morgan fingerprint density at radius 2 is 1.90 bits per heavy atom. The molecule has 0 aromatic carbocycles. The Morgan fingerprint density at radius 1 is 1.03 bits per heavy atom. The number of hydrogen-bond donors (Lipinski definition) is 1. The van der Waals surface area contributed by atoms with Gasteiger partial charge in [-0.3, -0.25) is 14.8 Å². The molecule has 0 unspecified atom stereocenters. The summed E-state index contributed by atoms with van der Waals surface area (Å²) < 4.78 is 0. The molecule has 1 atom stereocenters. The molecule has 29 heavy (non-hydrogen) atoms. The molecule has 3 aromatic heterocycles. The fourth-order valence-corrected chi connectivity index (χ4v) is 3.73. The monoisotopic (exact) mass is 387 g/mol. The van der Waals surface area contributed by atoms with Crippen LogP contribution in [0.1, 0.15) is 47.1 Å². The summed E-state index contributed by atoms with van der Waals surface area (Å²) in [5, 5.41) is 2.96. The summed E-state index contributed by atoms with van der Waals surface area (Å²) in [6.07, 6.45) is 9.17. The summed E-state index contributed by atoms with van der Waals surface area (Å²) in [5.41, 5.74) is 2.70. The molecular formula is C23H25N5O. The molecule has 1 amide bonds. The second kappa shape index (κ2) is 9.28. The summed E-state index contributed by atoms with van der Waals surface area (Å²) >= 11 is 0. The molecule has 1 aliphatic rings. The summed E-state index contributed by atoms with van der Waals surface area (Å²) in [6.45, 7) is 1.57. The molecule has 0 aliphatic carbocycles. The smallest absolute Gasteiger partial charge is 0.252 e. The van der Waals surface area contributed by atoms with Crippen molar-refractivity contribution in [3.63, 3.8) is 0 Å². The molecule has 4 heterocycles. The van der Waals surface area contributed by atoms with Gasteiger partial charge in [0, 0.05) is 37.4 Å². The number of amides is 1. The van der Waals surface area contributed by atoms with Crippen molar-refractivity contribution < 1.29 is 4.79 Å². The van der Waals surface area contributed by atoms with Crippen molar-refractivity contribution in [1.29, 1.82) is 0 Å². The van der Waals surface area contributed by atoms with E-state index in [9.17, 15) is 4.79 Å². The Bertz CT molecular complexity index is 915.